The van der Waals surface area contributed by atoms with E-state index in [1.807, 2.05) is 0 Å². The predicted octanol–water partition coefficient (Wildman–Crippen LogP) is 2.72. The molecule has 1 heterocycles. The van der Waals surface area contributed by atoms with Gasteiger partial charge in [0.05, 0.1) is 12.7 Å². The maximum absolute atomic E-state index is 12.7. The molecule has 0 radical (unpaired) electrons. The number of carbonyl (C=O) groups is 1. The molecule has 1 aromatic heterocycles. The number of alkyl halides is 2. The van der Waals surface area contributed by atoms with Crippen molar-refractivity contribution in [3.8, 4) is 0 Å². The van der Waals surface area contributed by atoms with E-state index in [-0.39, 0.29) is 11.3 Å². The highest BCUT2D eigenvalue weighted by molar-refractivity contribution is 14.1. The second-order valence-electron chi connectivity index (χ2n) is 2.80. The monoisotopic (exact) mass is 327 g/mol. The van der Waals surface area contributed by atoms with Crippen molar-refractivity contribution in [2.45, 2.75) is 13.3 Å². The van der Waals surface area contributed by atoms with Crippen LogP contribution in [0.2, 0.25) is 0 Å². The largest absolute Gasteiger partial charge is 0.464 e. The normalized spacial score (nSPS) is 10.5. The Labute approximate surface area is 99.0 Å². The summed E-state index contributed by atoms with van der Waals surface area (Å²) in [6.07, 6.45) is -2.74. The van der Waals surface area contributed by atoms with Crippen molar-refractivity contribution in [2.24, 2.45) is 0 Å². The Morgan fingerprint density at radius 3 is 2.67 bits per heavy atom. The molecule has 0 N–H and O–H groups in total. The summed E-state index contributed by atoms with van der Waals surface area (Å²) in [5.41, 5.74) is -0.172. The van der Waals surface area contributed by atoms with E-state index in [2.05, 4.69) is 9.72 Å². The number of hydrogen-bond acceptors (Lipinski definition) is 3. The molecule has 82 valence electrons. The number of pyridine rings is 1. The fraction of sp³-hybridized carbons (Fsp3) is 0.333. The number of methoxy groups -OCH3 is 1. The molecule has 0 aliphatic heterocycles. The molecular formula is C9H8F2INO2. The van der Waals surface area contributed by atoms with Crippen LogP contribution in [-0.2, 0) is 4.74 Å². The Bertz CT molecular complexity index is 396. The van der Waals surface area contributed by atoms with E-state index in [4.69, 9.17) is 0 Å². The van der Waals surface area contributed by atoms with Crippen LogP contribution in [0.25, 0.3) is 0 Å². The van der Waals surface area contributed by atoms with Crippen LogP contribution in [0, 0.1) is 10.5 Å². The molecule has 0 unspecified atom stereocenters. The standard InChI is InChI=1S/C9H8F2INO2/c1-4-3-5(12)6(8(10)11)7(13-4)9(14)15-2/h3,8H,1-2H3. The van der Waals surface area contributed by atoms with Crippen LogP contribution in [0.5, 0.6) is 0 Å². The molecule has 0 spiro atoms. The summed E-state index contributed by atoms with van der Waals surface area (Å²) in [5.74, 6) is -0.841. The van der Waals surface area contributed by atoms with Crippen LogP contribution in [0.15, 0.2) is 6.07 Å². The zero-order chi connectivity index (χ0) is 11.6. The minimum atomic E-state index is -2.74. The molecule has 0 amide bonds. The first-order valence-corrected chi connectivity index (χ1v) is 5.08. The molecule has 3 nitrogen and oxygen atoms in total. The molecule has 0 bridgehead atoms. The first kappa shape index (κ1) is 12.3. The third-order valence-corrected chi connectivity index (χ3v) is 2.63. The Morgan fingerprint density at radius 1 is 1.60 bits per heavy atom. The molecule has 0 saturated carbocycles. The quantitative estimate of drug-likeness (QED) is 0.619. The zero-order valence-electron chi connectivity index (χ0n) is 8.05. The summed E-state index contributed by atoms with van der Waals surface area (Å²) in [5, 5.41) is 0. The fourth-order valence-electron chi connectivity index (χ4n) is 1.10. The van der Waals surface area contributed by atoms with Crippen LogP contribution in [0.4, 0.5) is 8.78 Å². The SMILES string of the molecule is COC(=O)c1nc(C)cc(I)c1C(F)F. The second-order valence-corrected chi connectivity index (χ2v) is 3.96. The van der Waals surface area contributed by atoms with Crippen molar-refractivity contribution in [3.05, 3.63) is 26.6 Å². The van der Waals surface area contributed by atoms with Crippen molar-refractivity contribution in [1.29, 1.82) is 0 Å². The highest BCUT2D eigenvalue weighted by Crippen LogP contribution is 2.27. The number of nitrogens with zero attached hydrogens (tertiary/aromatic N) is 1. The molecular weight excluding hydrogens is 319 g/mol. The molecule has 0 aromatic carbocycles. The predicted molar refractivity (Wildman–Crippen MR) is 58.0 cm³/mol. The van der Waals surface area contributed by atoms with Gasteiger partial charge >= 0.3 is 5.97 Å². The molecule has 15 heavy (non-hydrogen) atoms. The average Bonchev–Trinajstić information content (AvgIpc) is 2.14. The number of hydrogen-bond donors (Lipinski definition) is 0. The molecule has 0 aliphatic rings. The lowest BCUT2D eigenvalue weighted by Crippen LogP contribution is -2.11. The minimum absolute atomic E-state index is 0.308. The Kier molecular flexibility index (Phi) is 3.95. The van der Waals surface area contributed by atoms with E-state index < -0.39 is 12.4 Å². The molecule has 0 saturated heterocycles. The smallest absolute Gasteiger partial charge is 0.357 e. The van der Waals surface area contributed by atoms with Crippen LogP contribution >= 0.6 is 22.6 Å². The van der Waals surface area contributed by atoms with Crippen LogP contribution < -0.4 is 0 Å². The van der Waals surface area contributed by atoms with Crippen molar-refractivity contribution < 1.29 is 18.3 Å². The van der Waals surface area contributed by atoms with E-state index in [1.165, 1.54) is 6.07 Å². The number of aromatic nitrogens is 1. The second kappa shape index (κ2) is 4.82. The van der Waals surface area contributed by atoms with Gasteiger partial charge in [-0.3, -0.25) is 0 Å². The summed E-state index contributed by atoms with van der Waals surface area (Å²) in [6, 6.07) is 1.49. The van der Waals surface area contributed by atoms with Crippen molar-refractivity contribution in [2.75, 3.05) is 7.11 Å². The lowest BCUT2D eigenvalue weighted by molar-refractivity contribution is 0.0581. The third-order valence-electron chi connectivity index (χ3n) is 1.73. The fourth-order valence-corrected chi connectivity index (χ4v) is 2.04. The molecule has 1 rings (SSSR count). The zero-order valence-corrected chi connectivity index (χ0v) is 10.2. The maximum Gasteiger partial charge on any atom is 0.357 e. The lowest BCUT2D eigenvalue weighted by Gasteiger charge is -2.09. The number of ether oxygens (including phenoxy) is 1. The Hall–Kier alpha value is -0.790. The summed E-state index contributed by atoms with van der Waals surface area (Å²) in [6.45, 7) is 1.63. The maximum atomic E-state index is 12.7. The van der Waals surface area contributed by atoms with E-state index in [9.17, 15) is 13.6 Å². The average molecular weight is 327 g/mol. The van der Waals surface area contributed by atoms with Crippen molar-refractivity contribution in [1.82, 2.24) is 4.98 Å². The highest BCUT2D eigenvalue weighted by atomic mass is 127. The van der Waals surface area contributed by atoms with Gasteiger partial charge in [-0.1, -0.05) is 0 Å². The van der Waals surface area contributed by atoms with Gasteiger partial charge in [0.2, 0.25) is 0 Å². The van der Waals surface area contributed by atoms with Gasteiger partial charge in [0.15, 0.2) is 5.69 Å². The first-order valence-electron chi connectivity index (χ1n) is 4.01. The van der Waals surface area contributed by atoms with Crippen LogP contribution in [0.1, 0.15) is 28.2 Å². The summed E-state index contributed by atoms with van der Waals surface area (Å²) in [4.78, 5) is 15.0. The molecule has 6 heteroatoms. The van der Waals surface area contributed by atoms with E-state index in [1.54, 1.807) is 29.5 Å². The van der Waals surface area contributed by atoms with Crippen LogP contribution in [-0.4, -0.2) is 18.1 Å². The molecule has 1 aromatic rings. The third kappa shape index (κ3) is 2.61. The van der Waals surface area contributed by atoms with Crippen molar-refractivity contribution in [3.63, 3.8) is 0 Å². The van der Waals surface area contributed by atoms with Gasteiger partial charge in [-0.25, -0.2) is 18.6 Å². The van der Waals surface area contributed by atoms with Gasteiger partial charge in [-0.2, -0.15) is 0 Å². The van der Waals surface area contributed by atoms with E-state index in [0.717, 1.165) is 7.11 Å². The number of aryl methyl sites for hydroxylation is 1. The Morgan fingerprint density at radius 2 is 2.20 bits per heavy atom. The van der Waals surface area contributed by atoms with Gasteiger partial charge in [-0.05, 0) is 35.6 Å². The van der Waals surface area contributed by atoms with Gasteiger partial charge in [-0.15, -0.1) is 0 Å². The highest BCUT2D eigenvalue weighted by Gasteiger charge is 2.23. The van der Waals surface area contributed by atoms with Gasteiger partial charge in [0, 0.05) is 9.26 Å². The van der Waals surface area contributed by atoms with Crippen molar-refractivity contribution >= 4 is 28.6 Å². The number of rotatable bonds is 2. The number of halogens is 3. The number of carbonyl (C=O) groups excluding carboxylic acids is 1. The van der Waals surface area contributed by atoms with Gasteiger partial charge in [0.25, 0.3) is 6.43 Å². The van der Waals surface area contributed by atoms with Gasteiger partial charge < -0.3 is 4.74 Å². The van der Waals surface area contributed by atoms with E-state index >= 15 is 0 Å². The van der Waals surface area contributed by atoms with E-state index in [0.29, 0.717) is 9.26 Å². The summed E-state index contributed by atoms with van der Waals surface area (Å²) < 4.78 is 30.0. The molecule has 0 fully saturated rings. The molecule has 0 aliphatic carbocycles. The lowest BCUT2D eigenvalue weighted by atomic mass is 10.2. The van der Waals surface area contributed by atoms with Crippen LogP contribution in [0.3, 0.4) is 0 Å². The van der Waals surface area contributed by atoms with Gasteiger partial charge in [0.1, 0.15) is 0 Å². The Balaban J connectivity index is 3.40. The number of esters is 1. The molecule has 0 atom stereocenters. The summed E-state index contributed by atoms with van der Waals surface area (Å²) >= 11 is 1.75. The first-order chi connectivity index (χ1) is 6.97. The summed E-state index contributed by atoms with van der Waals surface area (Å²) in [7, 11) is 1.13. The topological polar surface area (TPSA) is 39.2 Å². The minimum Gasteiger partial charge on any atom is -0.464 e.